The summed E-state index contributed by atoms with van der Waals surface area (Å²) >= 11 is 0. The summed E-state index contributed by atoms with van der Waals surface area (Å²) in [5.41, 5.74) is 1.07. The minimum absolute atomic E-state index is 0.202. The van der Waals surface area contributed by atoms with Gasteiger partial charge < -0.3 is 9.64 Å². The van der Waals surface area contributed by atoms with E-state index in [0.717, 1.165) is 4.90 Å². The molecule has 0 N–H and O–H groups in total. The van der Waals surface area contributed by atoms with E-state index in [1.165, 1.54) is 36.2 Å². The highest BCUT2D eigenvalue weighted by molar-refractivity contribution is 6.21. The lowest BCUT2D eigenvalue weighted by Gasteiger charge is -2.13. The fourth-order valence-corrected chi connectivity index (χ4v) is 2.68. The van der Waals surface area contributed by atoms with Crippen molar-refractivity contribution in [3.63, 3.8) is 0 Å². The number of carbonyl (C=O) groups excluding carboxylic acids is 4. The maximum Gasteiger partial charge on any atom is 0.261 e. The second-order valence-corrected chi connectivity index (χ2v) is 6.05. The van der Waals surface area contributed by atoms with E-state index in [1.54, 1.807) is 26.2 Å². The van der Waals surface area contributed by atoms with Crippen molar-refractivity contribution in [2.24, 2.45) is 0 Å². The largest absolute Gasteiger partial charge is 0.457 e. The van der Waals surface area contributed by atoms with Crippen LogP contribution < -0.4 is 4.74 Å². The molecular weight excluding hydrogens is 384 g/mol. The highest BCUT2D eigenvalue weighted by Gasteiger charge is 2.32. The van der Waals surface area contributed by atoms with Gasteiger partial charge in [-0.25, -0.2) is 0 Å². The molecule has 0 bridgehead atoms. The Morgan fingerprint density at radius 2 is 1.43 bits per heavy atom. The lowest BCUT2D eigenvalue weighted by atomic mass is 10.1. The van der Waals surface area contributed by atoms with Gasteiger partial charge in [-0.1, -0.05) is 27.7 Å². The van der Waals surface area contributed by atoms with E-state index >= 15 is 0 Å². The number of nitrogens with zero attached hydrogens (tertiary/aromatic N) is 2. The molecule has 0 aliphatic carbocycles. The summed E-state index contributed by atoms with van der Waals surface area (Å²) in [6, 6.07) is 9.11. The molecule has 2 aromatic carbocycles. The van der Waals surface area contributed by atoms with Crippen LogP contribution in [0.15, 0.2) is 36.4 Å². The Balaban J connectivity index is 0.00000106. The van der Waals surface area contributed by atoms with Crippen LogP contribution in [0.5, 0.6) is 11.5 Å². The van der Waals surface area contributed by atoms with Crippen LogP contribution in [0.3, 0.4) is 0 Å². The number of rotatable bonds is 4. The third-order valence-electron chi connectivity index (χ3n) is 4.08. The number of hydrogen-bond acceptors (Lipinski definition) is 5. The van der Waals surface area contributed by atoms with Gasteiger partial charge in [-0.3, -0.25) is 24.1 Å². The molecule has 0 fully saturated rings. The fraction of sp³-hybridized carbons (Fsp3) is 0.304. The molecule has 7 heteroatoms. The predicted octanol–water partition coefficient (Wildman–Crippen LogP) is 4.27. The highest BCUT2D eigenvalue weighted by atomic mass is 16.5. The molecule has 0 aromatic heterocycles. The molecule has 30 heavy (non-hydrogen) atoms. The van der Waals surface area contributed by atoms with E-state index < -0.39 is 5.91 Å². The Morgan fingerprint density at radius 3 is 2.00 bits per heavy atom. The van der Waals surface area contributed by atoms with Crippen molar-refractivity contribution in [3.8, 4) is 11.5 Å². The SMILES string of the molecule is CC.CC.CN(C)C(=O)c1ccc(Oc2ccc3c(c2)C(=O)N(C)C3=O)cc1C=O. The second kappa shape index (κ2) is 10.9. The predicted molar refractivity (Wildman–Crippen MR) is 115 cm³/mol. The number of imide groups is 1. The number of hydrogen-bond donors (Lipinski definition) is 0. The minimum Gasteiger partial charge on any atom is -0.457 e. The first-order valence-corrected chi connectivity index (χ1v) is 9.78. The van der Waals surface area contributed by atoms with Gasteiger partial charge in [0.15, 0.2) is 6.29 Å². The first-order chi connectivity index (χ1) is 14.3. The number of amides is 3. The molecule has 3 amide bonds. The van der Waals surface area contributed by atoms with Gasteiger partial charge in [0, 0.05) is 26.7 Å². The number of fused-ring (bicyclic) bond motifs is 1. The van der Waals surface area contributed by atoms with Crippen molar-refractivity contribution in [2.75, 3.05) is 21.1 Å². The Kier molecular flexibility index (Phi) is 8.92. The van der Waals surface area contributed by atoms with E-state index in [9.17, 15) is 19.2 Å². The zero-order chi connectivity index (χ0) is 23.0. The van der Waals surface area contributed by atoms with E-state index in [0.29, 0.717) is 23.3 Å². The maximum absolute atomic E-state index is 12.1. The average molecular weight is 412 g/mol. The van der Waals surface area contributed by atoms with Crippen molar-refractivity contribution in [1.29, 1.82) is 0 Å². The van der Waals surface area contributed by atoms with E-state index in [1.807, 2.05) is 27.7 Å². The van der Waals surface area contributed by atoms with Crippen LogP contribution in [0.4, 0.5) is 0 Å². The molecule has 1 heterocycles. The summed E-state index contributed by atoms with van der Waals surface area (Å²) in [5, 5.41) is 0. The van der Waals surface area contributed by atoms with Crippen molar-refractivity contribution < 1.29 is 23.9 Å². The molecule has 0 radical (unpaired) electrons. The van der Waals surface area contributed by atoms with Crippen LogP contribution in [-0.4, -0.2) is 55.0 Å². The molecule has 3 rings (SSSR count). The molecule has 0 unspecified atom stereocenters. The van der Waals surface area contributed by atoms with Gasteiger partial charge in [-0.05, 0) is 36.4 Å². The standard InChI is InChI=1S/C19H16N2O5.2C2H6/c1-20(2)17(23)14-6-4-12(8-11(14)10-22)26-13-5-7-15-16(9-13)19(25)21(3)18(15)24;2*1-2/h4-10H,1-3H3;2*1-2H3. The van der Waals surface area contributed by atoms with Crippen LogP contribution >= 0.6 is 0 Å². The maximum atomic E-state index is 12.1. The highest BCUT2D eigenvalue weighted by Crippen LogP contribution is 2.29. The molecule has 0 atom stereocenters. The number of benzene rings is 2. The van der Waals surface area contributed by atoms with Gasteiger partial charge in [0.25, 0.3) is 17.7 Å². The molecular formula is C23H28N2O5. The molecule has 160 valence electrons. The van der Waals surface area contributed by atoms with Gasteiger partial charge in [-0.15, -0.1) is 0 Å². The molecule has 0 spiro atoms. The third-order valence-corrected chi connectivity index (χ3v) is 4.08. The lowest BCUT2D eigenvalue weighted by Crippen LogP contribution is -2.24. The van der Waals surface area contributed by atoms with Gasteiger partial charge in [0.05, 0.1) is 16.7 Å². The molecule has 2 aromatic rings. The molecule has 1 aliphatic rings. The van der Waals surface area contributed by atoms with Crippen LogP contribution in [0.1, 0.15) is 69.1 Å². The quantitative estimate of drug-likeness (QED) is 0.553. The Labute approximate surface area is 177 Å². The number of aldehydes is 1. The summed E-state index contributed by atoms with van der Waals surface area (Å²) in [4.78, 5) is 49.8. The zero-order valence-electron chi connectivity index (χ0n) is 18.5. The Hall–Kier alpha value is -3.48. The van der Waals surface area contributed by atoms with E-state index in [2.05, 4.69) is 0 Å². The van der Waals surface area contributed by atoms with Crippen LogP contribution in [-0.2, 0) is 0 Å². The second-order valence-electron chi connectivity index (χ2n) is 6.05. The number of ether oxygens (including phenoxy) is 1. The summed E-state index contributed by atoms with van der Waals surface area (Å²) < 4.78 is 5.69. The Bertz CT molecular complexity index is 951. The van der Waals surface area contributed by atoms with Crippen molar-refractivity contribution in [3.05, 3.63) is 58.7 Å². The van der Waals surface area contributed by atoms with Crippen molar-refractivity contribution in [1.82, 2.24) is 9.80 Å². The average Bonchev–Trinajstić information content (AvgIpc) is 2.99. The lowest BCUT2D eigenvalue weighted by molar-refractivity contribution is 0.0692. The van der Waals surface area contributed by atoms with Gasteiger partial charge in [0.2, 0.25) is 0 Å². The molecule has 0 saturated carbocycles. The van der Waals surface area contributed by atoms with Crippen LogP contribution in [0.2, 0.25) is 0 Å². The van der Waals surface area contributed by atoms with Gasteiger partial charge >= 0.3 is 0 Å². The summed E-state index contributed by atoms with van der Waals surface area (Å²) in [7, 11) is 4.62. The smallest absolute Gasteiger partial charge is 0.261 e. The summed E-state index contributed by atoms with van der Waals surface area (Å²) in [6.45, 7) is 8.00. The topological polar surface area (TPSA) is 84.0 Å². The van der Waals surface area contributed by atoms with E-state index in [4.69, 9.17) is 4.74 Å². The fourth-order valence-electron chi connectivity index (χ4n) is 2.68. The zero-order valence-corrected chi connectivity index (χ0v) is 18.5. The first-order valence-electron chi connectivity index (χ1n) is 9.78. The molecule has 1 aliphatic heterocycles. The molecule has 0 saturated heterocycles. The first kappa shape index (κ1) is 24.6. The van der Waals surface area contributed by atoms with Crippen LogP contribution in [0.25, 0.3) is 0 Å². The minimum atomic E-state index is -0.393. The van der Waals surface area contributed by atoms with Gasteiger partial charge in [-0.2, -0.15) is 0 Å². The van der Waals surface area contributed by atoms with Crippen molar-refractivity contribution >= 4 is 24.0 Å². The number of carbonyl (C=O) groups is 4. The Morgan fingerprint density at radius 1 is 0.900 bits per heavy atom. The molecule has 7 nitrogen and oxygen atoms in total. The van der Waals surface area contributed by atoms with Gasteiger partial charge in [0.1, 0.15) is 11.5 Å². The van der Waals surface area contributed by atoms with Crippen LogP contribution in [0, 0.1) is 0 Å². The monoisotopic (exact) mass is 412 g/mol. The summed E-state index contributed by atoms with van der Waals surface area (Å²) in [6.07, 6.45) is 0.587. The van der Waals surface area contributed by atoms with Crippen molar-refractivity contribution in [2.45, 2.75) is 27.7 Å². The third kappa shape index (κ3) is 4.92. The summed E-state index contributed by atoms with van der Waals surface area (Å²) in [5.74, 6) is -0.346. The normalized spacial score (nSPS) is 11.5. The van der Waals surface area contributed by atoms with E-state index in [-0.39, 0.29) is 28.5 Å².